The lowest BCUT2D eigenvalue weighted by Gasteiger charge is -2.35. The topological polar surface area (TPSA) is 70.1 Å². The first kappa shape index (κ1) is 17.2. The molecule has 1 aromatic carbocycles. The molecule has 27 heavy (non-hydrogen) atoms. The van der Waals surface area contributed by atoms with Gasteiger partial charge in [-0.15, -0.1) is 5.10 Å². The third kappa shape index (κ3) is 3.81. The molecule has 0 unspecified atom stereocenters. The van der Waals surface area contributed by atoms with E-state index in [4.69, 9.17) is 0 Å². The summed E-state index contributed by atoms with van der Waals surface area (Å²) in [6, 6.07) is 12.2. The van der Waals surface area contributed by atoms with E-state index >= 15 is 0 Å². The van der Waals surface area contributed by atoms with Crippen LogP contribution in [0.3, 0.4) is 0 Å². The maximum absolute atomic E-state index is 4.68. The van der Waals surface area contributed by atoms with Crippen molar-refractivity contribution in [2.24, 2.45) is 0 Å². The fourth-order valence-corrected chi connectivity index (χ4v) is 3.33. The summed E-state index contributed by atoms with van der Waals surface area (Å²) in [6.07, 6.45) is 3.56. The van der Waals surface area contributed by atoms with E-state index in [1.807, 2.05) is 24.4 Å². The summed E-state index contributed by atoms with van der Waals surface area (Å²) in [4.78, 5) is 13.6. The highest BCUT2D eigenvalue weighted by Crippen LogP contribution is 2.23. The molecule has 0 spiro atoms. The second-order valence-corrected chi connectivity index (χ2v) is 6.69. The predicted octanol–water partition coefficient (Wildman–Crippen LogP) is 2.95. The van der Waals surface area contributed by atoms with Gasteiger partial charge in [0.05, 0.1) is 6.20 Å². The van der Waals surface area contributed by atoms with Gasteiger partial charge in [-0.3, -0.25) is 0 Å². The average molecular weight is 361 g/mol. The second kappa shape index (κ2) is 7.57. The van der Waals surface area contributed by atoms with Crippen LogP contribution in [0.1, 0.15) is 11.1 Å². The number of hydrogen-bond donors (Lipinski definition) is 1. The number of hydrogen-bond acceptors (Lipinski definition) is 7. The molecule has 7 nitrogen and oxygen atoms in total. The molecule has 1 saturated heterocycles. The van der Waals surface area contributed by atoms with Crippen molar-refractivity contribution < 1.29 is 0 Å². The van der Waals surface area contributed by atoms with Gasteiger partial charge in [-0.2, -0.15) is 10.1 Å². The Morgan fingerprint density at radius 3 is 2.22 bits per heavy atom. The van der Waals surface area contributed by atoms with Crippen molar-refractivity contribution in [3.8, 4) is 0 Å². The summed E-state index contributed by atoms with van der Waals surface area (Å²) < 4.78 is 0. The highest BCUT2D eigenvalue weighted by Gasteiger charge is 2.19. The van der Waals surface area contributed by atoms with Crippen LogP contribution in [0.25, 0.3) is 0 Å². The van der Waals surface area contributed by atoms with Crippen LogP contribution in [-0.4, -0.2) is 46.3 Å². The lowest BCUT2D eigenvalue weighted by Crippen LogP contribution is -2.47. The summed E-state index contributed by atoms with van der Waals surface area (Å²) in [5.74, 6) is 2.40. The number of para-hydroxylation sites is 1. The Morgan fingerprint density at radius 2 is 1.56 bits per heavy atom. The SMILES string of the molecule is Cc1cccc(C)c1Nc1nncc(N2CCN(c3ccccn3)CC2)n1. The second-order valence-electron chi connectivity index (χ2n) is 6.69. The van der Waals surface area contributed by atoms with E-state index < -0.39 is 0 Å². The van der Waals surface area contributed by atoms with Crippen LogP contribution in [0.5, 0.6) is 0 Å². The minimum Gasteiger partial charge on any atom is -0.353 e. The third-order valence-electron chi connectivity index (χ3n) is 4.84. The quantitative estimate of drug-likeness (QED) is 0.766. The van der Waals surface area contributed by atoms with Gasteiger partial charge in [0.15, 0.2) is 5.82 Å². The molecule has 0 radical (unpaired) electrons. The third-order valence-corrected chi connectivity index (χ3v) is 4.84. The number of pyridine rings is 1. The van der Waals surface area contributed by atoms with Gasteiger partial charge in [0, 0.05) is 38.1 Å². The molecule has 0 bridgehead atoms. The van der Waals surface area contributed by atoms with Crippen molar-refractivity contribution >= 4 is 23.3 Å². The maximum Gasteiger partial charge on any atom is 0.249 e. The fraction of sp³-hybridized carbons (Fsp3) is 0.300. The van der Waals surface area contributed by atoms with Crippen molar-refractivity contribution in [2.45, 2.75) is 13.8 Å². The summed E-state index contributed by atoms with van der Waals surface area (Å²) in [5.41, 5.74) is 3.36. The molecular weight excluding hydrogens is 338 g/mol. The molecule has 0 saturated carbocycles. The van der Waals surface area contributed by atoms with Gasteiger partial charge in [-0.1, -0.05) is 24.3 Å². The Kier molecular flexibility index (Phi) is 4.82. The highest BCUT2D eigenvalue weighted by molar-refractivity contribution is 5.63. The molecule has 0 atom stereocenters. The van der Waals surface area contributed by atoms with E-state index in [1.165, 1.54) is 0 Å². The van der Waals surface area contributed by atoms with Gasteiger partial charge < -0.3 is 15.1 Å². The molecule has 1 aliphatic rings. The van der Waals surface area contributed by atoms with Crippen LogP contribution < -0.4 is 15.1 Å². The largest absolute Gasteiger partial charge is 0.353 e. The number of nitrogens with zero attached hydrogens (tertiary/aromatic N) is 6. The normalized spacial score (nSPS) is 14.3. The average Bonchev–Trinajstić information content (AvgIpc) is 2.72. The molecule has 1 fully saturated rings. The smallest absolute Gasteiger partial charge is 0.249 e. The van der Waals surface area contributed by atoms with Gasteiger partial charge in [0.25, 0.3) is 0 Å². The number of rotatable bonds is 4. The standard InChI is InChI=1S/C20H23N7/c1-15-6-5-7-16(2)19(15)24-20-23-18(14-22-25-20)27-12-10-26(11-13-27)17-8-3-4-9-21-17/h3-9,14H,10-13H2,1-2H3,(H,23,24,25). The first-order chi connectivity index (χ1) is 13.2. The lowest BCUT2D eigenvalue weighted by molar-refractivity contribution is 0.639. The lowest BCUT2D eigenvalue weighted by atomic mass is 10.1. The van der Waals surface area contributed by atoms with Crippen molar-refractivity contribution in [3.05, 3.63) is 59.9 Å². The number of aromatic nitrogens is 4. The fourth-order valence-electron chi connectivity index (χ4n) is 3.33. The van der Waals surface area contributed by atoms with E-state index in [1.54, 1.807) is 6.20 Å². The van der Waals surface area contributed by atoms with Crippen LogP contribution in [0, 0.1) is 13.8 Å². The van der Waals surface area contributed by atoms with Crippen molar-refractivity contribution in [1.82, 2.24) is 20.2 Å². The van der Waals surface area contributed by atoms with Crippen molar-refractivity contribution in [2.75, 3.05) is 41.3 Å². The molecule has 2 aromatic heterocycles. The van der Waals surface area contributed by atoms with Crippen LogP contribution in [0.2, 0.25) is 0 Å². The van der Waals surface area contributed by atoms with E-state index in [9.17, 15) is 0 Å². The van der Waals surface area contributed by atoms with E-state index in [0.29, 0.717) is 5.95 Å². The molecule has 0 amide bonds. The molecule has 1 aliphatic heterocycles. The van der Waals surface area contributed by atoms with Crippen molar-refractivity contribution in [3.63, 3.8) is 0 Å². The number of nitrogens with one attached hydrogen (secondary N) is 1. The summed E-state index contributed by atoms with van der Waals surface area (Å²) >= 11 is 0. The van der Waals surface area contributed by atoms with E-state index in [0.717, 1.165) is 54.6 Å². The number of aryl methyl sites for hydroxylation is 2. The Labute approximate surface area is 159 Å². The van der Waals surface area contributed by atoms with Crippen LogP contribution in [-0.2, 0) is 0 Å². The Morgan fingerprint density at radius 1 is 0.852 bits per heavy atom. The molecule has 0 aliphatic carbocycles. The Bertz CT molecular complexity index is 885. The van der Waals surface area contributed by atoms with Crippen LogP contribution in [0.4, 0.5) is 23.3 Å². The van der Waals surface area contributed by atoms with Gasteiger partial charge in [0.1, 0.15) is 5.82 Å². The minimum atomic E-state index is 0.525. The Hall–Kier alpha value is -3.22. The van der Waals surface area contributed by atoms with Crippen molar-refractivity contribution in [1.29, 1.82) is 0 Å². The number of anilines is 4. The highest BCUT2D eigenvalue weighted by atomic mass is 15.3. The Balaban J connectivity index is 1.46. The molecule has 1 N–H and O–H groups in total. The summed E-state index contributed by atoms with van der Waals surface area (Å²) in [5, 5.41) is 11.6. The van der Waals surface area contributed by atoms with Crippen LogP contribution in [0.15, 0.2) is 48.8 Å². The number of benzene rings is 1. The first-order valence-electron chi connectivity index (χ1n) is 9.14. The first-order valence-corrected chi connectivity index (χ1v) is 9.14. The molecular formula is C20H23N7. The zero-order valence-electron chi connectivity index (χ0n) is 15.6. The van der Waals surface area contributed by atoms with E-state index in [2.05, 4.69) is 67.3 Å². The van der Waals surface area contributed by atoms with E-state index in [-0.39, 0.29) is 0 Å². The van der Waals surface area contributed by atoms with Gasteiger partial charge in [-0.25, -0.2) is 4.98 Å². The molecule has 7 heteroatoms. The number of piperazine rings is 1. The molecule has 4 rings (SSSR count). The van der Waals surface area contributed by atoms with Gasteiger partial charge in [0.2, 0.25) is 5.95 Å². The molecule has 3 aromatic rings. The zero-order valence-corrected chi connectivity index (χ0v) is 15.6. The van der Waals surface area contributed by atoms with Crippen LogP contribution >= 0.6 is 0 Å². The maximum atomic E-state index is 4.68. The molecule has 138 valence electrons. The zero-order chi connectivity index (χ0) is 18.6. The summed E-state index contributed by atoms with van der Waals surface area (Å²) in [7, 11) is 0. The summed E-state index contributed by atoms with van der Waals surface area (Å²) in [6.45, 7) is 7.70. The monoisotopic (exact) mass is 361 g/mol. The predicted molar refractivity (Wildman–Crippen MR) is 108 cm³/mol. The minimum absolute atomic E-state index is 0.525. The van der Waals surface area contributed by atoms with Gasteiger partial charge >= 0.3 is 0 Å². The van der Waals surface area contributed by atoms with Gasteiger partial charge in [-0.05, 0) is 37.1 Å². The molecule has 3 heterocycles.